The SMILES string of the molecule is Nc1ccn2nc(N3CC[C@@H](F)C3)nc2c1. The summed E-state index contributed by atoms with van der Waals surface area (Å²) in [4.78, 5) is 6.18. The third-order valence-corrected chi connectivity index (χ3v) is 2.76. The standard InChI is InChI=1S/C10H12FN5/c11-7-1-3-15(6-7)10-13-9-5-8(12)2-4-16(9)14-10/h2,4-5,7H,1,3,6,12H2/t7-/m1/s1. The fourth-order valence-corrected chi connectivity index (χ4v) is 1.92. The van der Waals surface area contributed by atoms with Gasteiger partial charge in [0, 0.05) is 24.5 Å². The van der Waals surface area contributed by atoms with E-state index in [1.54, 1.807) is 22.8 Å². The van der Waals surface area contributed by atoms with Crippen LogP contribution in [0.15, 0.2) is 18.3 Å². The molecule has 2 aromatic rings. The van der Waals surface area contributed by atoms with Crippen molar-refractivity contribution in [3.05, 3.63) is 18.3 Å². The summed E-state index contributed by atoms with van der Waals surface area (Å²) in [6, 6.07) is 3.51. The zero-order valence-corrected chi connectivity index (χ0v) is 8.67. The Kier molecular flexibility index (Phi) is 1.95. The molecule has 84 valence electrons. The first-order valence-corrected chi connectivity index (χ1v) is 5.23. The molecule has 0 aromatic carbocycles. The molecule has 0 unspecified atom stereocenters. The first-order chi connectivity index (χ1) is 7.72. The molecule has 5 nitrogen and oxygen atoms in total. The molecule has 1 aliphatic heterocycles. The van der Waals surface area contributed by atoms with Gasteiger partial charge < -0.3 is 10.6 Å². The quantitative estimate of drug-likeness (QED) is 0.776. The highest BCUT2D eigenvalue weighted by molar-refractivity contribution is 5.53. The molecule has 0 bridgehead atoms. The van der Waals surface area contributed by atoms with Gasteiger partial charge in [0.1, 0.15) is 6.17 Å². The van der Waals surface area contributed by atoms with Crippen LogP contribution in [0.3, 0.4) is 0 Å². The third-order valence-electron chi connectivity index (χ3n) is 2.76. The van der Waals surface area contributed by atoms with Crippen LogP contribution in [0.25, 0.3) is 5.65 Å². The van der Waals surface area contributed by atoms with Gasteiger partial charge in [-0.25, -0.2) is 8.91 Å². The maximum Gasteiger partial charge on any atom is 0.245 e. The Labute approximate surface area is 91.7 Å². The van der Waals surface area contributed by atoms with E-state index in [2.05, 4.69) is 10.1 Å². The second kappa shape index (κ2) is 3.33. The van der Waals surface area contributed by atoms with E-state index in [4.69, 9.17) is 5.73 Å². The van der Waals surface area contributed by atoms with Crippen LogP contribution in [0.2, 0.25) is 0 Å². The van der Waals surface area contributed by atoms with Crippen LogP contribution in [0.5, 0.6) is 0 Å². The number of fused-ring (bicyclic) bond motifs is 1. The summed E-state index contributed by atoms with van der Waals surface area (Å²) in [6.07, 6.45) is 1.54. The van der Waals surface area contributed by atoms with Gasteiger partial charge in [-0.1, -0.05) is 0 Å². The zero-order valence-electron chi connectivity index (χ0n) is 8.67. The van der Waals surface area contributed by atoms with E-state index >= 15 is 0 Å². The van der Waals surface area contributed by atoms with E-state index in [0.29, 0.717) is 36.8 Å². The van der Waals surface area contributed by atoms with E-state index in [9.17, 15) is 4.39 Å². The molecule has 2 N–H and O–H groups in total. The van der Waals surface area contributed by atoms with Crippen LogP contribution in [-0.2, 0) is 0 Å². The predicted octanol–water partition coefficient (Wildman–Crippen LogP) is 0.860. The Bertz CT molecular complexity index is 523. The second-order valence-electron chi connectivity index (χ2n) is 4.01. The molecule has 0 spiro atoms. The summed E-state index contributed by atoms with van der Waals surface area (Å²) in [6.45, 7) is 1.06. The number of nitrogens with two attached hydrogens (primary N) is 1. The monoisotopic (exact) mass is 221 g/mol. The number of pyridine rings is 1. The Morgan fingerprint density at radius 1 is 1.50 bits per heavy atom. The van der Waals surface area contributed by atoms with E-state index in [1.807, 2.05) is 4.90 Å². The van der Waals surface area contributed by atoms with Crippen LogP contribution < -0.4 is 10.6 Å². The highest BCUT2D eigenvalue weighted by Crippen LogP contribution is 2.19. The molecule has 1 saturated heterocycles. The van der Waals surface area contributed by atoms with Crippen molar-refractivity contribution in [3.8, 4) is 0 Å². The molecule has 1 atom stereocenters. The van der Waals surface area contributed by atoms with Gasteiger partial charge in [0.25, 0.3) is 0 Å². The Morgan fingerprint density at radius 3 is 3.12 bits per heavy atom. The molecule has 0 radical (unpaired) electrons. The van der Waals surface area contributed by atoms with E-state index < -0.39 is 6.17 Å². The van der Waals surface area contributed by atoms with Crippen molar-refractivity contribution in [2.45, 2.75) is 12.6 Å². The lowest BCUT2D eigenvalue weighted by Gasteiger charge is -2.10. The summed E-state index contributed by atoms with van der Waals surface area (Å²) in [5.41, 5.74) is 7.00. The molecule has 1 fully saturated rings. The summed E-state index contributed by atoms with van der Waals surface area (Å²) in [5, 5.41) is 4.28. The van der Waals surface area contributed by atoms with Crippen molar-refractivity contribution in [3.63, 3.8) is 0 Å². The average molecular weight is 221 g/mol. The Hall–Kier alpha value is -1.85. The number of aromatic nitrogens is 3. The van der Waals surface area contributed by atoms with Gasteiger partial charge in [-0.3, -0.25) is 0 Å². The van der Waals surface area contributed by atoms with Gasteiger partial charge in [-0.2, -0.15) is 4.98 Å². The van der Waals surface area contributed by atoms with Gasteiger partial charge in [0.05, 0.1) is 6.54 Å². The normalized spacial score (nSPS) is 20.8. The molecular weight excluding hydrogens is 209 g/mol. The molecular formula is C10H12FN5. The van der Waals surface area contributed by atoms with Crippen LogP contribution in [0.4, 0.5) is 16.0 Å². The van der Waals surface area contributed by atoms with E-state index in [0.717, 1.165) is 0 Å². The van der Waals surface area contributed by atoms with Crippen molar-refractivity contribution in [1.29, 1.82) is 0 Å². The van der Waals surface area contributed by atoms with Gasteiger partial charge >= 0.3 is 0 Å². The lowest BCUT2D eigenvalue weighted by atomic mass is 10.3. The number of hydrogen-bond acceptors (Lipinski definition) is 4. The molecule has 1 aliphatic rings. The van der Waals surface area contributed by atoms with Crippen LogP contribution in [0, 0.1) is 0 Å². The molecule has 6 heteroatoms. The highest BCUT2D eigenvalue weighted by atomic mass is 19.1. The van der Waals surface area contributed by atoms with E-state index in [-0.39, 0.29) is 0 Å². The molecule has 0 amide bonds. The fraction of sp³-hybridized carbons (Fsp3) is 0.400. The van der Waals surface area contributed by atoms with Crippen molar-refractivity contribution in [2.75, 3.05) is 23.7 Å². The average Bonchev–Trinajstić information content (AvgIpc) is 2.83. The van der Waals surface area contributed by atoms with Crippen molar-refractivity contribution in [2.24, 2.45) is 0 Å². The van der Waals surface area contributed by atoms with Gasteiger partial charge in [-0.15, -0.1) is 5.10 Å². The number of alkyl halides is 1. The Morgan fingerprint density at radius 2 is 2.38 bits per heavy atom. The maximum absolute atomic E-state index is 13.1. The topological polar surface area (TPSA) is 59.5 Å². The van der Waals surface area contributed by atoms with Crippen molar-refractivity contribution in [1.82, 2.24) is 14.6 Å². The summed E-state index contributed by atoms with van der Waals surface area (Å²) < 4.78 is 14.7. The van der Waals surface area contributed by atoms with Gasteiger partial charge in [0.2, 0.25) is 5.95 Å². The second-order valence-corrected chi connectivity index (χ2v) is 4.01. The minimum atomic E-state index is -0.767. The van der Waals surface area contributed by atoms with Crippen molar-refractivity contribution >= 4 is 17.3 Å². The van der Waals surface area contributed by atoms with E-state index in [1.165, 1.54) is 0 Å². The molecule has 16 heavy (non-hydrogen) atoms. The zero-order chi connectivity index (χ0) is 11.1. The highest BCUT2D eigenvalue weighted by Gasteiger charge is 2.24. The third kappa shape index (κ3) is 1.46. The van der Waals surface area contributed by atoms with Gasteiger partial charge in [-0.05, 0) is 12.5 Å². The van der Waals surface area contributed by atoms with Crippen LogP contribution in [0.1, 0.15) is 6.42 Å². The molecule has 3 heterocycles. The first kappa shape index (κ1) is 9.38. The number of anilines is 2. The molecule has 0 aliphatic carbocycles. The lowest BCUT2D eigenvalue weighted by molar-refractivity contribution is 0.364. The molecule has 3 rings (SSSR count). The predicted molar refractivity (Wildman–Crippen MR) is 59.1 cm³/mol. The largest absolute Gasteiger partial charge is 0.399 e. The summed E-state index contributed by atoms with van der Waals surface area (Å²) >= 11 is 0. The molecule has 0 saturated carbocycles. The number of rotatable bonds is 1. The number of halogens is 1. The van der Waals surface area contributed by atoms with Crippen LogP contribution in [-0.4, -0.2) is 33.9 Å². The number of hydrogen-bond donors (Lipinski definition) is 1. The number of nitrogen functional groups attached to an aromatic ring is 1. The smallest absolute Gasteiger partial charge is 0.245 e. The minimum absolute atomic E-state index is 0.381. The van der Waals surface area contributed by atoms with Gasteiger partial charge in [0.15, 0.2) is 5.65 Å². The van der Waals surface area contributed by atoms with Crippen molar-refractivity contribution < 1.29 is 4.39 Å². The van der Waals surface area contributed by atoms with Crippen LogP contribution >= 0.6 is 0 Å². The first-order valence-electron chi connectivity index (χ1n) is 5.23. The summed E-state index contributed by atoms with van der Waals surface area (Å²) in [5.74, 6) is 0.575. The molecule has 2 aromatic heterocycles. The summed E-state index contributed by atoms with van der Waals surface area (Å²) in [7, 11) is 0. The number of nitrogens with zero attached hydrogens (tertiary/aromatic N) is 4. The Balaban J connectivity index is 1.99. The maximum atomic E-state index is 13.1. The fourth-order valence-electron chi connectivity index (χ4n) is 1.92. The minimum Gasteiger partial charge on any atom is -0.399 e. The lowest BCUT2D eigenvalue weighted by Crippen LogP contribution is -2.21.